The van der Waals surface area contributed by atoms with Gasteiger partial charge in [-0.3, -0.25) is 14.6 Å². The zero-order valence-electron chi connectivity index (χ0n) is 18.9. The first kappa shape index (κ1) is 25.4. The van der Waals surface area contributed by atoms with Crippen molar-refractivity contribution in [3.63, 3.8) is 0 Å². The van der Waals surface area contributed by atoms with Crippen molar-refractivity contribution in [2.24, 2.45) is 0 Å². The van der Waals surface area contributed by atoms with Crippen molar-refractivity contribution in [3.05, 3.63) is 76.2 Å². The van der Waals surface area contributed by atoms with Crippen molar-refractivity contribution in [2.75, 3.05) is 12.4 Å². The van der Waals surface area contributed by atoms with Crippen molar-refractivity contribution in [1.29, 1.82) is 0 Å². The minimum absolute atomic E-state index is 0.0902. The van der Waals surface area contributed by atoms with E-state index < -0.39 is 23.2 Å². The number of anilines is 2. The van der Waals surface area contributed by atoms with Crippen molar-refractivity contribution in [2.45, 2.75) is 31.1 Å². The van der Waals surface area contributed by atoms with E-state index in [-0.39, 0.29) is 18.1 Å². The fraction of sp³-hybridized carbons (Fsp3) is 0.250. The standard InChI is InChI=1S/C24H21BrF3N5O3/c1-36-20-7-2-14(11-30-20)21(34)33-23(8-9-23)22(35)31-12-16-4-5-17(13-29-16)32-19-6-3-15(25)10-18(19)24(26,27)28/h2-7,10-11,13,32H,8-9,12H2,1H3,(H,31,35)(H,33,34). The van der Waals surface area contributed by atoms with E-state index in [9.17, 15) is 22.8 Å². The number of aromatic nitrogens is 2. The Bertz CT molecular complexity index is 1260. The Hall–Kier alpha value is -3.67. The predicted octanol–water partition coefficient (Wildman–Crippen LogP) is 4.59. The first-order chi connectivity index (χ1) is 17.1. The Balaban J connectivity index is 1.34. The maximum absolute atomic E-state index is 13.3. The third-order valence-electron chi connectivity index (χ3n) is 5.57. The Morgan fingerprint density at radius 3 is 2.44 bits per heavy atom. The highest BCUT2D eigenvalue weighted by molar-refractivity contribution is 9.10. The molecule has 12 heteroatoms. The van der Waals surface area contributed by atoms with Gasteiger partial charge in [-0.05, 0) is 49.2 Å². The molecule has 4 rings (SSSR count). The van der Waals surface area contributed by atoms with Crippen LogP contribution in [0.5, 0.6) is 5.88 Å². The number of hydrogen-bond acceptors (Lipinski definition) is 6. The molecular formula is C24H21BrF3N5O3. The van der Waals surface area contributed by atoms with Gasteiger partial charge in [-0.1, -0.05) is 15.9 Å². The number of alkyl halides is 3. The SMILES string of the molecule is COc1ccc(C(=O)NC2(C(=O)NCc3ccc(Nc4ccc(Br)cc4C(F)(F)F)cn3)CC2)cn1. The van der Waals surface area contributed by atoms with E-state index in [1.165, 1.54) is 31.6 Å². The molecule has 0 bridgehead atoms. The van der Waals surface area contributed by atoms with E-state index in [0.29, 0.717) is 40.1 Å². The zero-order chi connectivity index (χ0) is 25.9. The van der Waals surface area contributed by atoms with E-state index in [0.717, 1.165) is 6.07 Å². The number of amides is 2. The summed E-state index contributed by atoms with van der Waals surface area (Å²) in [5, 5.41) is 8.24. The Morgan fingerprint density at radius 2 is 1.86 bits per heavy atom. The molecule has 3 N–H and O–H groups in total. The van der Waals surface area contributed by atoms with Gasteiger partial charge in [0.1, 0.15) is 5.54 Å². The lowest BCUT2D eigenvalue weighted by molar-refractivity contribution is -0.137. The maximum Gasteiger partial charge on any atom is 0.418 e. The summed E-state index contributed by atoms with van der Waals surface area (Å²) in [5.74, 6) is -0.389. The van der Waals surface area contributed by atoms with Gasteiger partial charge in [0.2, 0.25) is 11.8 Å². The van der Waals surface area contributed by atoms with E-state index in [4.69, 9.17) is 4.74 Å². The summed E-state index contributed by atoms with van der Waals surface area (Å²) in [6.45, 7) is 0.0902. The second kappa shape index (κ2) is 10.1. The summed E-state index contributed by atoms with van der Waals surface area (Å²) in [6.07, 6.45) is -0.775. The molecule has 1 aliphatic carbocycles. The highest BCUT2D eigenvalue weighted by Crippen LogP contribution is 2.38. The molecule has 0 atom stereocenters. The molecule has 0 aliphatic heterocycles. The van der Waals surface area contributed by atoms with E-state index in [1.807, 2.05) is 0 Å². The second-order valence-electron chi connectivity index (χ2n) is 8.16. The topological polar surface area (TPSA) is 105 Å². The van der Waals surface area contributed by atoms with Crippen LogP contribution in [0.15, 0.2) is 59.3 Å². The molecule has 1 aliphatic rings. The lowest BCUT2D eigenvalue weighted by Crippen LogP contribution is -2.48. The van der Waals surface area contributed by atoms with Gasteiger partial charge in [-0.25, -0.2) is 4.98 Å². The fourth-order valence-corrected chi connectivity index (χ4v) is 3.78. The number of carbonyl (C=O) groups is 2. The molecular weight excluding hydrogens is 543 g/mol. The molecule has 1 saturated carbocycles. The monoisotopic (exact) mass is 563 g/mol. The van der Waals surface area contributed by atoms with E-state index in [2.05, 4.69) is 41.8 Å². The Kier molecular flexibility index (Phi) is 7.16. The molecule has 36 heavy (non-hydrogen) atoms. The van der Waals surface area contributed by atoms with Gasteiger partial charge in [0.25, 0.3) is 5.91 Å². The number of nitrogens with zero attached hydrogens (tertiary/aromatic N) is 2. The van der Waals surface area contributed by atoms with Gasteiger partial charge < -0.3 is 20.7 Å². The number of methoxy groups -OCH3 is 1. The Labute approximate surface area is 212 Å². The summed E-state index contributed by atoms with van der Waals surface area (Å²) >= 11 is 3.06. The molecule has 2 heterocycles. The smallest absolute Gasteiger partial charge is 0.418 e. The van der Waals surface area contributed by atoms with Crippen LogP contribution in [0, 0.1) is 0 Å². The average Bonchev–Trinajstić information content (AvgIpc) is 3.64. The first-order valence-electron chi connectivity index (χ1n) is 10.8. The summed E-state index contributed by atoms with van der Waals surface area (Å²) in [6, 6.07) is 10.1. The molecule has 0 saturated heterocycles. The summed E-state index contributed by atoms with van der Waals surface area (Å²) in [7, 11) is 1.47. The normalized spacial score (nSPS) is 14.0. The number of ether oxygens (including phenoxy) is 1. The van der Waals surface area contributed by atoms with Gasteiger partial charge in [0.05, 0.1) is 48.0 Å². The second-order valence-corrected chi connectivity index (χ2v) is 9.07. The molecule has 3 aromatic rings. The molecule has 0 radical (unpaired) electrons. The van der Waals surface area contributed by atoms with Gasteiger partial charge in [-0.15, -0.1) is 0 Å². The highest BCUT2D eigenvalue weighted by atomic mass is 79.9. The lowest BCUT2D eigenvalue weighted by Gasteiger charge is -2.17. The molecule has 0 unspecified atom stereocenters. The minimum atomic E-state index is -4.53. The van der Waals surface area contributed by atoms with Crippen LogP contribution in [0.25, 0.3) is 0 Å². The van der Waals surface area contributed by atoms with Gasteiger partial charge in [0.15, 0.2) is 0 Å². The average molecular weight is 564 g/mol. The zero-order valence-corrected chi connectivity index (χ0v) is 20.5. The highest BCUT2D eigenvalue weighted by Gasteiger charge is 2.51. The van der Waals surface area contributed by atoms with Gasteiger partial charge >= 0.3 is 6.18 Å². The summed E-state index contributed by atoms with van der Waals surface area (Å²) < 4.78 is 45.3. The van der Waals surface area contributed by atoms with E-state index >= 15 is 0 Å². The van der Waals surface area contributed by atoms with Crippen molar-refractivity contribution in [3.8, 4) is 5.88 Å². The number of pyridine rings is 2. The molecule has 2 amide bonds. The summed E-state index contributed by atoms with van der Waals surface area (Å²) in [5.41, 5.74) is -0.741. The third kappa shape index (κ3) is 5.93. The fourth-order valence-electron chi connectivity index (χ4n) is 3.42. The molecule has 0 spiro atoms. The quantitative estimate of drug-likeness (QED) is 0.370. The van der Waals surface area contributed by atoms with Crippen LogP contribution in [0.2, 0.25) is 0 Å². The van der Waals surface area contributed by atoms with Crippen LogP contribution >= 0.6 is 15.9 Å². The largest absolute Gasteiger partial charge is 0.481 e. The van der Waals surface area contributed by atoms with Crippen LogP contribution in [-0.2, 0) is 17.5 Å². The van der Waals surface area contributed by atoms with Gasteiger partial charge in [-0.2, -0.15) is 13.2 Å². The summed E-state index contributed by atoms with van der Waals surface area (Å²) in [4.78, 5) is 33.4. The molecule has 1 aromatic carbocycles. The lowest BCUT2D eigenvalue weighted by atomic mass is 10.1. The van der Waals surface area contributed by atoms with E-state index in [1.54, 1.807) is 24.3 Å². The Morgan fingerprint density at radius 1 is 1.08 bits per heavy atom. The van der Waals surface area contributed by atoms with Crippen LogP contribution in [0.3, 0.4) is 0 Å². The van der Waals surface area contributed by atoms with Crippen molar-refractivity contribution >= 4 is 39.1 Å². The third-order valence-corrected chi connectivity index (χ3v) is 6.06. The van der Waals surface area contributed by atoms with Crippen LogP contribution in [0.1, 0.15) is 34.5 Å². The molecule has 8 nitrogen and oxygen atoms in total. The maximum atomic E-state index is 13.3. The van der Waals surface area contributed by atoms with Gasteiger partial charge in [0, 0.05) is 16.7 Å². The van der Waals surface area contributed by atoms with Crippen LogP contribution < -0.4 is 20.7 Å². The van der Waals surface area contributed by atoms with Crippen LogP contribution in [-0.4, -0.2) is 34.4 Å². The number of rotatable bonds is 8. The number of hydrogen-bond donors (Lipinski definition) is 3. The first-order valence-corrected chi connectivity index (χ1v) is 11.6. The number of halogens is 4. The number of benzene rings is 1. The van der Waals surface area contributed by atoms with Crippen LogP contribution in [0.4, 0.5) is 24.5 Å². The molecule has 1 fully saturated rings. The number of carbonyl (C=O) groups excluding carboxylic acids is 2. The minimum Gasteiger partial charge on any atom is -0.481 e. The van der Waals surface area contributed by atoms with Crippen molar-refractivity contribution in [1.82, 2.24) is 20.6 Å². The molecule has 2 aromatic heterocycles. The molecule has 188 valence electrons. The predicted molar refractivity (Wildman–Crippen MR) is 129 cm³/mol. The number of nitrogens with one attached hydrogen (secondary N) is 3. The van der Waals surface area contributed by atoms with Crippen molar-refractivity contribution < 1.29 is 27.5 Å².